The van der Waals surface area contributed by atoms with Crippen LogP contribution in [0.3, 0.4) is 0 Å². The first kappa shape index (κ1) is 15.3. The van der Waals surface area contributed by atoms with Crippen molar-refractivity contribution < 1.29 is 4.39 Å². The van der Waals surface area contributed by atoms with Gasteiger partial charge in [-0.3, -0.25) is 0 Å². The fourth-order valence-corrected chi connectivity index (χ4v) is 3.16. The van der Waals surface area contributed by atoms with E-state index in [2.05, 4.69) is 47.2 Å². The molecule has 4 heteroatoms. The molecule has 1 N–H and O–H groups in total. The lowest BCUT2D eigenvalue weighted by Gasteiger charge is -2.19. The Bertz CT molecular complexity index is 619. The van der Waals surface area contributed by atoms with E-state index in [4.69, 9.17) is 11.6 Å². The quantitative estimate of drug-likeness (QED) is 0.708. The highest BCUT2D eigenvalue weighted by atomic mass is 79.9. The van der Waals surface area contributed by atoms with E-state index in [0.717, 1.165) is 21.3 Å². The molecule has 20 heavy (non-hydrogen) atoms. The number of aryl methyl sites for hydroxylation is 2. The smallest absolute Gasteiger partial charge is 0.141 e. The molecule has 0 aliphatic carbocycles. The zero-order valence-electron chi connectivity index (χ0n) is 11.6. The van der Waals surface area contributed by atoms with Gasteiger partial charge in [-0.15, -0.1) is 0 Å². The summed E-state index contributed by atoms with van der Waals surface area (Å²) in [5.41, 5.74) is 4.36. The Morgan fingerprint density at radius 3 is 2.50 bits per heavy atom. The van der Waals surface area contributed by atoms with Crippen LogP contribution in [0, 0.1) is 19.7 Å². The molecule has 1 unspecified atom stereocenters. The monoisotopic (exact) mass is 355 g/mol. The molecule has 0 aliphatic heterocycles. The average molecular weight is 357 g/mol. The lowest BCUT2D eigenvalue weighted by atomic mass is 10.1. The highest BCUT2D eigenvalue weighted by Gasteiger charge is 2.12. The predicted octanol–water partition coefficient (Wildman–Crippen LogP) is 6.03. The fourth-order valence-electron chi connectivity index (χ4n) is 2.18. The zero-order chi connectivity index (χ0) is 14.9. The molecule has 2 aromatic carbocycles. The van der Waals surface area contributed by atoms with Crippen LogP contribution in [-0.4, -0.2) is 0 Å². The number of halogens is 3. The van der Waals surface area contributed by atoms with E-state index in [9.17, 15) is 4.39 Å². The van der Waals surface area contributed by atoms with Gasteiger partial charge in [-0.25, -0.2) is 4.39 Å². The summed E-state index contributed by atoms with van der Waals surface area (Å²) in [7, 11) is 0. The van der Waals surface area contributed by atoms with Crippen LogP contribution in [0.2, 0.25) is 5.02 Å². The summed E-state index contributed by atoms with van der Waals surface area (Å²) in [5, 5.41) is 3.59. The summed E-state index contributed by atoms with van der Waals surface area (Å²) in [6, 6.07) is 9.03. The van der Waals surface area contributed by atoms with Gasteiger partial charge in [-0.1, -0.05) is 23.7 Å². The molecule has 106 valence electrons. The van der Waals surface area contributed by atoms with Crippen LogP contribution in [0.1, 0.15) is 29.7 Å². The molecular weight excluding hydrogens is 341 g/mol. The number of rotatable bonds is 3. The van der Waals surface area contributed by atoms with Crippen LogP contribution >= 0.6 is 27.5 Å². The van der Waals surface area contributed by atoms with Crippen LogP contribution in [0.15, 0.2) is 34.8 Å². The van der Waals surface area contributed by atoms with E-state index in [1.165, 1.54) is 11.6 Å². The molecule has 0 bridgehead atoms. The number of nitrogens with one attached hydrogen (secondary N) is 1. The van der Waals surface area contributed by atoms with Gasteiger partial charge in [0.2, 0.25) is 0 Å². The van der Waals surface area contributed by atoms with Crippen LogP contribution < -0.4 is 5.32 Å². The fraction of sp³-hybridized carbons (Fsp3) is 0.250. The topological polar surface area (TPSA) is 12.0 Å². The van der Waals surface area contributed by atoms with Gasteiger partial charge in [0.1, 0.15) is 5.82 Å². The van der Waals surface area contributed by atoms with Crippen molar-refractivity contribution in [2.75, 3.05) is 5.32 Å². The zero-order valence-corrected chi connectivity index (χ0v) is 13.9. The Balaban J connectivity index is 2.27. The number of anilines is 1. The largest absolute Gasteiger partial charge is 0.377 e. The van der Waals surface area contributed by atoms with Crippen molar-refractivity contribution in [3.8, 4) is 0 Å². The van der Waals surface area contributed by atoms with Gasteiger partial charge in [-0.05, 0) is 71.6 Å². The van der Waals surface area contributed by atoms with E-state index in [0.29, 0.717) is 0 Å². The van der Waals surface area contributed by atoms with Crippen molar-refractivity contribution in [3.05, 3.63) is 62.3 Å². The van der Waals surface area contributed by atoms with Crippen LogP contribution in [-0.2, 0) is 0 Å². The normalized spacial score (nSPS) is 12.3. The van der Waals surface area contributed by atoms with Gasteiger partial charge < -0.3 is 5.32 Å². The number of hydrogen-bond acceptors (Lipinski definition) is 1. The van der Waals surface area contributed by atoms with Gasteiger partial charge in [0.05, 0.1) is 10.7 Å². The summed E-state index contributed by atoms with van der Waals surface area (Å²) >= 11 is 9.41. The molecule has 2 rings (SSSR count). The molecule has 2 aromatic rings. The first-order chi connectivity index (χ1) is 9.38. The Hall–Kier alpha value is -1.06. The van der Waals surface area contributed by atoms with E-state index < -0.39 is 5.82 Å². The van der Waals surface area contributed by atoms with Crippen LogP contribution in [0.25, 0.3) is 0 Å². The van der Waals surface area contributed by atoms with E-state index in [1.807, 2.05) is 6.92 Å². The van der Waals surface area contributed by atoms with Gasteiger partial charge >= 0.3 is 0 Å². The molecule has 0 saturated heterocycles. The lowest BCUT2D eigenvalue weighted by Crippen LogP contribution is -2.08. The molecule has 0 fully saturated rings. The lowest BCUT2D eigenvalue weighted by molar-refractivity contribution is 0.627. The van der Waals surface area contributed by atoms with E-state index in [-0.39, 0.29) is 11.1 Å². The SMILES string of the molecule is Cc1cc(C)c(NC(C)c2ccc(F)c(Cl)c2)c(Br)c1. The summed E-state index contributed by atoms with van der Waals surface area (Å²) in [4.78, 5) is 0. The molecule has 0 spiro atoms. The Morgan fingerprint density at radius 1 is 1.20 bits per heavy atom. The van der Waals surface area contributed by atoms with Gasteiger partial charge in [0, 0.05) is 10.5 Å². The number of hydrogen-bond donors (Lipinski definition) is 1. The van der Waals surface area contributed by atoms with E-state index >= 15 is 0 Å². The molecule has 0 aliphatic rings. The minimum Gasteiger partial charge on any atom is -0.377 e. The Labute approximate surface area is 132 Å². The summed E-state index contributed by atoms with van der Waals surface area (Å²) in [5.74, 6) is -0.393. The van der Waals surface area contributed by atoms with Gasteiger partial charge in [0.15, 0.2) is 0 Å². The summed E-state index contributed by atoms with van der Waals surface area (Å²) < 4.78 is 14.2. The minimum absolute atomic E-state index is 0.0332. The maximum absolute atomic E-state index is 13.2. The molecular formula is C16H16BrClFN. The van der Waals surface area contributed by atoms with Gasteiger partial charge in [-0.2, -0.15) is 0 Å². The molecule has 1 nitrogen and oxygen atoms in total. The molecule has 0 aromatic heterocycles. The molecule has 0 heterocycles. The first-order valence-corrected chi connectivity index (χ1v) is 7.54. The van der Waals surface area contributed by atoms with Crippen molar-refractivity contribution in [2.45, 2.75) is 26.8 Å². The van der Waals surface area contributed by atoms with E-state index in [1.54, 1.807) is 12.1 Å². The van der Waals surface area contributed by atoms with Crippen molar-refractivity contribution in [3.63, 3.8) is 0 Å². The van der Waals surface area contributed by atoms with Crippen molar-refractivity contribution in [2.24, 2.45) is 0 Å². The van der Waals surface area contributed by atoms with Crippen molar-refractivity contribution in [1.29, 1.82) is 0 Å². The maximum Gasteiger partial charge on any atom is 0.141 e. The number of benzene rings is 2. The minimum atomic E-state index is -0.393. The molecule has 1 atom stereocenters. The summed E-state index contributed by atoms with van der Waals surface area (Å²) in [6.45, 7) is 6.14. The Kier molecular flexibility index (Phi) is 4.71. The second-order valence-corrected chi connectivity index (χ2v) is 6.24. The second kappa shape index (κ2) is 6.15. The summed E-state index contributed by atoms with van der Waals surface area (Å²) in [6.07, 6.45) is 0. The predicted molar refractivity (Wildman–Crippen MR) is 87.1 cm³/mol. The highest BCUT2D eigenvalue weighted by molar-refractivity contribution is 9.10. The third-order valence-corrected chi connectivity index (χ3v) is 4.15. The highest BCUT2D eigenvalue weighted by Crippen LogP contribution is 2.31. The molecule has 0 saturated carbocycles. The first-order valence-electron chi connectivity index (χ1n) is 6.36. The molecule has 0 radical (unpaired) electrons. The third-order valence-electron chi connectivity index (χ3n) is 3.24. The average Bonchev–Trinajstić information content (AvgIpc) is 2.36. The van der Waals surface area contributed by atoms with Crippen LogP contribution in [0.4, 0.5) is 10.1 Å². The third kappa shape index (κ3) is 3.33. The maximum atomic E-state index is 13.2. The Morgan fingerprint density at radius 2 is 1.90 bits per heavy atom. The van der Waals surface area contributed by atoms with Crippen LogP contribution in [0.5, 0.6) is 0 Å². The van der Waals surface area contributed by atoms with Gasteiger partial charge in [0.25, 0.3) is 0 Å². The second-order valence-electron chi connectivity index (χ2n) is 4.98. The van der Waals surface area contributed by atoms with Crippen molar-refractivity contribution >= 4 is 33.2 Å². The molecule has 0 amide bonds. The van der Waals surface area contributed by atoms with Crippen molar-refractivity contribution in [1.82, 2.24) is 0 Å². The standard InChI is InChI=1S/C16H16BrClFN/c1-9-6-10(2)16(13(17)7-9)20-11(3)12-4-5-15(19)14(18)8-12/h4-8,11,20H,1-3H3.